The molecule has 90 valence electrons. The molecule has 1 aromatic carbocycles. The van der Waals surface area contributed by atoms with Gasteiger partial charge in [-0.2, -0.15) is 10.2 Å². The fourth-order valence-electron chi connectivity index (χ4n) is 2.00. The molecule has 4 nitrogen and oxygen atoms in total. The summed E-state index contributed by atoms with van der Waals surface area (Å²) in [6.07, 6.45) is 1.76. The van der Waals surface area contributed by atoms with Gasteiger partial charge in [-0.15, -0.1) is 5.10 Å². The number of halogens is 1. The standard InChI is InChI=1S/C13H11BrN4/c1-8-12(14)9(2)18(17-8)13-11-6-4-3-5-10(11)7-15-16-13/h3-7H,1-2H3. The van der Waals surface area contributed by atoms with Crippen LogP contribution in [0.5, 0.6) is 0 Å². The highest BCUT2D eigenvalue weighted by molar-refractivity contribution is 9.10. The third-order valence-corrected chi connectivity index (χ3v) is 4.10. The van der Waals surface area contributed by atoms with E-state index in [0.717, 1.165) is 32.5 Å². The maximum absolute atomic E-state index is 4.50. The van der Waals surface area contributed by atoms with Crippen molar-refractivity contribution in [3.8, 4) is 5.82 Å². The summed E-state index contributed by atoms with van der Waals surface area (Å²) in [6.45, 7) is 3.97. The second-order valence-electron chi connectivity index (χ2n) is 4.15. The summed E-state index contributed by atoms with van der Waals surface area (Å²) in [5, 5.41) is 14.9. The maximum Gasteiger partial charge on any atom is 0.183 e. The lowest BCUT2D eigenvalue weighted by molar-refractivity contribution is 0.791. The minimum Gasteiger partial charge on any atom is -0.216 e. The quantitative estimate of drug-likeness (QED) is 0.693. The van der Waals surface area contributed by atoms with Crippen LogP contribution in [0, 0.1) is 13.8 Å². The molecule has 0 spiro atoms. The highest BCUT2D eigenvalue weighted by atomic mass is 79.9. The number of aromatic nitrogens is 4. The number of aryl methyl sites for hydroxylation is 1. The molecule has 0 amide bonds. The van der Waals surface area contributed by atoms with Crippen molar-refractivity contribution >= 4 is 26.7 Å². The van der Waals surface area contributed by atoms with Gasteiger partial charge in [0.1, 0.15) is 0 Å². The van der Waals surface area contributed by atoms with E-state index < -0.39 is 0 Å². The number of benzene rings is 1. The van der Waals surface area contributed by atoms with Gasteiger partial charge in [0.05, 0.1) is 22.1 Å². The first-order valence-electron chi connectivity index (χ1n) is 5.61. The molecule has 0 radical (unpaired) electrons. The zero-order valence-electron chi connectivity index (χ0n) is 10.1. The predicted molar refractivity (Wildman–Crippen MR) is 73.8 cm³/mol. The predicted octanol–water partition coefficient (Wildman–Crippen LogP) is 3.19. The van der Waals surface area contributed by atoms with Crippen molar-refractivity contribution in [2.75, 3.05) is 0 Å². The van der Waals surface area contributed by atoms with E-state index in [0.29, 0.717) is 0 Å². The summed E-state index contributed by atoms with van der Waals surface area (Å²) < 4.78 is 2.84. The third-order valence-electron chi connectivity index (χ3n) is 2.95. The first kappa shape index (κ1) is 11.3. The van der Waals surface area contributed by atoms with Crippen LogP contribution >= 0.6 is 15.9 Å². The second-order valence-corrected chi connectivity index (χ2v) is 4.95. The summed E-state index contributed by atoms with van der Waals surface area (Å²) in [4.78, 5) is 0. The maximum atomic E-state index is 4.50. The van der Waals surface area contributed by atoms with Crippen molar-refractivity contribution in [1.29, 1.82) is 0 Å². The Kier molecular flexibility index (Phi) is 2.63. The lowest BCUT2D eigenvalue weighted by atomic mass is 10.2. The highest BCUT2D eigenvalue weighted by Crippen LogP contribution is 2.25. The smallest absolute Gasteiger partial charge is 0.183 e. The van der Waals surface area contributed by atoms with Crippen LogP contribution in [0.25, 0.3) is 16.6 Å². The van der Waals surface area contributed by atoms with Gasteiger partial charge in [0.2, 0.25) is 0 Å². The Bertz CT molecular complexity index is 728. The first-order valence-corrected chi connectivity index (χ1v) is 6.40. The van der Waals surface area contributed by atoms with Crippen molar-refractivity contribution in [2.45, 2.75) is 13.8 Å². The number of nitrogens with zero attached hydrogens (tertiary/aromatic N) is 4. The Morgan fingerprint density at radius 3 is 2.67 bits per heavy atom. The van der Waals surface area contributed by atoms with E-state index in [9.17, 15) is 0 Å². The van der Waals surface area contributed by atoms with E-state index in [4.69, 9.17) is 0 Å². The lowest BCUT2D eigenvalue weighted by Crippen LogP contribution is -2.04. The fourth-order valence-corrected chi connectivity index (χ4v) is 2.25. The molecule has 0 aliphatic carbocycles. The van der Waals surface area contributed by atoms with Crippen molar-refractivity contribution in [3.63, 3.8) is 0 Å². The van der Waals surface area contributed by atoms with Crippen LogP contribution in [0.3, 0.4) is 0 Å². The van der Waals surface area contributed by atoms with Gasteiger partial charge >= 0.3 is 0 Å². The molecule has 0 fully saturated rings. The van der Waals surface area contributed by atoms with Gasteiger partial charge in [0.15, 0.2) is 5.82 Å². The van der Waals surface area contributed by atoms with Crippen molar-refractivity contribution in [1.82, 2.24) is 20.0 Å². The van der Waals surface area contributed by atoms with Crippen LogP contribution < -0.4 is 0 Å². The number of rotatable bonds is 1. The second kappa shape index (κ2) is 4.17. The lowest BCUT2D eigenvalue weighted by Gasteiger charge is -2.06. The molecule has 0 saturated carbocycles. The average Bonchev–Trinajstić information content (AvgIpc) is 2.66. The van der Waals surface area contributed by atoms with Crippen molar-refractivity contribution < 1.29 is 0 Å². The summed E-state index contributed by atoms with van der Waals surface area (Å²) in [5.41, 5.74) is 1.97. The average molecular weight is 303 g/mol. The van der Waals surface area contributed by atoms with E-state index in [1.165, 1.54) is 0 Å². The topological polar surface area (TPSA) is 43.6 Å². The fraction of sp³-hybridized carbons (Fsp3) is 0.154. The Hall–Kier alpha value is -1.75. The van der Waals surface area contributed by atoms with E-state index in [2.05, 4.69) is 31.2 Å². The molecule has 3 rings (SSSR count). The summed E-state index contributed by atoms with van der Waals surface area (Å²) in [7, 11) is 0. The van der Waals surface area contributed by atoms with Gasteiger partial charge < -0.3 is 0 Å². The normalized spacial score (nSPS) is 11.1. The van der Waals surface area contributed by atoms with Gasteiger partial charge in [-0.25, -0.2) is 4.68 Å². The SMILES string of the molecule is Cc1nn(-c2nncc3ccccc23)c(C)c1Br. The van der Waals surface area contributed by atoms with Crippen LogP contribution in [0.15, 0.2) is 34.9 Å². The molecule has 0 aliphatic rings. The van der Waals surface area contributed by atoms with Crippen LogP contribution in [0.1, 0.15) is 11.4 Å². The third kappa shape index (κ3) is 1.62. The van der Waals surface area contributed by atoms with Crippen LogP contribution in [-0.2, 0) is 0 Å². The molecule has 5 heteroatoms. The molecule has 0 bridgehead atoms. The van der Waals surface area contributed by atoms with Crippen molar-refractivity contribution in [2.24, 2.45) is 0 Å². The molecule has 0 saturated heterocycles. The van der Waals surface area contributed by atoms with E-state index in [-0.39, 0.29) is 0 Å². The molecule has 0 aliphatic heterocycles. The molecule has 0 unspecified atom stereocenters. The van der Waals surface area contributed by atoms with Gasteiger partial charge in [-0.3, -0.25) is 0 Å². The largest absolute Gasteiger partial charge is 0.216 e. The van der Waals surface area contributed by atoms with E-state index in [1.54, 1.807) is 6.20 Å². The Morgan fingerprint density at radius 2 is 1.94 bits per heavy atom. The zero-order valence-corrected chi connectivity index (χ0v) is 11.6. The first-order chi connectivity index (χ1) is 8.68. The molecule has 2 aromatic heterocycles. The Labute approximate surface area is 113 Å². The number of hydrogen-bond donors (Lipinski definition) is 0. The molecule has 0 N–H and O–H groups in total. The molecule has 18 heavy (non-hydrogen) atoms. The van der Waals surface area contributed by atoms with Gasteiger partial charge in [0, 0.05) is 10.8 Å². The number of hydrogen-bond acceptors (Lipinski definition) is 3. The van der Waals surface area contributed by atoms with Crippen LogP contribution in [0.2, 0.25) is 0 Å². The molecular formula is C13H11BrN4. The Balaban J connectivity index is 2.35. The van der Waals surface area contributed by atoms with E-state index in [1.807, 2.05) is 42.8 Å². The summed E-state index contributed by atoms with van der Waals surface area (Å²) >= 11 is 3.53. The summed E-state index contributed by atoms with van der Waals surface area (Å²) in [6, 6.07) is 8.04. The highest BCUT2D eigenvalue weighted by Gasteiger charge is 2.13. The van der Waals surface area contributed by atoms with Crippen molar-refractivity contribution in [3.05, 3.63) is 46.3 Å². The zero-order chi connectivity index (χ0) is 12.7. The van der Waals surface area contributed by atoms with Gasteiger partial charge in [-0.05, 0) is 29.8 Å². The Morgan fingerprint density at radius 1 is 1.17 bits per heavy atom. The van der Waals surface area contributed by atoms with Gasteiger partial charge in [0.25, 0.3) is 0 Å². The van der Waals surface area contributed by atoms with E-state index >= 15 is 0 Å². The number of fused-ring (bicyclic) bond motifs is 1. The minimum atomic E-state index is 0.763. The summed E-state index contributed by atoms with van der Waals surface area (Å²) in [5.74, 6) is 0.763. The minimum absolute atomic E-state index is 0.763. The molecule has 0 atom stereocenters. The monoisotopic (exact) mass is 302 g/mol. The molecule has 3 aromatic rings. The van der Waals surface area contributed by atoms with Gasteiger partial charge in [-0.1, -0.05) is 24.3 Å². The molecular weight excluding hydrogens is 292 g/mol. The van der Waals surface area contributed by atoms with Crippen LogP contribution in [-0.4, -0.2) is 20.0 Å². The molecule has 2 heterocycles. The van der Waals surface area contributed by atoms with Crippen LogP contribution in [0.4, 0.5) is 0 Å².